The number of hydrogen-bond donors (Lipinski definition) is 0. The van der Waals surface area contributed by atoms with Crippen LogP contribution in [0.3, 0.4) is 0 Å². The fraction of sp³-hybridized carbons (Fsp3) is 0.304. The Hall–Kier alpha value is -2.84. The first-order valence-corrected chi connectivity index (χ1v) is 24.7. The van der Waals surface area contributed by atoms with Gasteiger partial charge in [-0.15, -0.1) is 0 Å². The van der Waals surface area contributed by atoms with Crippen LogP contribution < -0.4 is 41.3 Å². The van der Waals surface area contributed by atoms with Gasteiger partial charge in [0.25, 0.3) is 0 Å². The van der Waals surface area contributed by atoms with Gasteiger partial charge < -0.3 is 9.47 Å². The van der Waals surface area contributed by atoms with E-state index in [-0.39, 0.29) is 15.8 Å². The number of ether oxygens (including phenoxy) is 2. The molecule has 0 radical (unpaired) electrons. The van der Waals surface area contributed by atoms with Crippen molar-refractivity contribution in [2.75, 3.05) is 13.2 Å². The molecule has 0 aromatic heterocycles. The summed E-state index contributed by atoms with van der Waals surface area (Å²) in [6.07, 6.45) is 5.40. The molecule has 0 aliphatic carbocycles. The van der Waals surface area contributed by atoms with Gasteiger partial charge in [-0.3, -0.25) is 0 Å². The van der Waals surface area contributed by atoms with Crippen LogP contribution in [0.4, 0.5) is 0 Å². The van der Waals surface area contributed by atoms with Gasteiger partial charge in [0.2, 0.25) is 0 Å². The number of hydrogen-bond acceptors (Lipinski definition) is 2. The van der Waals surface area contributed by atoms with Gasteiger partial charge in [-0.25, -0.2) is 0 Å². The summed E-state index contributed by atoms with van der Waals surface area (Å²) in [7, 11) is -1.61. The highest BCUT2D eigenvalue weighted by Gasteiger charge is 2.34. The van der Waals surface area contributed by atoms with Gasteiger partial charge in [-0.2, -0.15) is 0 Å². The Morgan fingerprint density at radius 1 is 0.538 bits per heavy atom. The molecule has 2 nitrogen and oxygen atoms in total. The van der Waals surface area contributed by atoms with E-state index in [1.807, 2.05) is 0 Å². The van der Waals surface area contributed by atoms with Crippen molar-refractivity contribution in [2.24, 2.45) is 0 Å². The Balaban J connectivity index is 1.06. The second kappa shape index (κ2) is 18.0. The zero-order valence-corrected chi connectivity index (χ0v) is 34.6. The van der Waals surface area contributed by atoms with Gasteiger partial charge >= 0.3 is 0 Å². The first kappa shape index (κ1) is 37.5. The van der Waals surface area contributed by atoms with Crippen molar-refractivity contribution in [1.29, 1.82) is 0 Å². The smallest absolute Gasteiger partial charge is 0.122 e. The quantitative estimate of drug-likeness (QED) is 0.0879. The maximum atomic E-state index is 6.40. The minimum Gasteiger partial charge on any atom is -0.490 e. The van der Waals surface area contributed by atoms with E-state index in [2.05, 4.69) is 173 Å². The summed E-state index contributed by atoms with van der Waals surface area (Å²) in [5, 5.41) is 8.54. The average molecular weight is 761 g/mol. The summed E-state index contributed by atoms with van der Waals surface area (Å²) in [6.45, 7) is 10.8. The lowest BCUT2D eigenvalue weighted by atomic mass is 10.2. The Morgan fingerprint density at radius 2 is 1.04 bits per heavy atom. The van der Waals surface area contributed by atoms with Crippen LogP contribution in [0.25, 0.3) is 0 Å². The van der Waals surface area contributed by atoms with E-state index in [9.17, 15) is 0 Å². The molecule has 5 aromatic carbocycles. The van der Waals surface area contributed by atoms with E-state index in [1.165, 1.54) is 52.2 Å². The maximum Gasteiger partial charge on any atom is 0.122 e. The van der Waals surface area contributed by atoms with Gasteiger partial charge in [-0.1, -0.05) is 164 Å². The van der Waals surface area contributed by atoms with Gasteiger partial charge in [0.05, 0.1) is 0 Å². The molecule has 6 atom stereocenters. The van der Waals surface area contributed by atoms with Crippen molar-refractivity contribution in [2.45, 2.75) is 76.0 Å². The minimum atomic E-state index is -0.731. The van der Waals surface area contributed by atoms with Gasteiger partial charge in [0.1, 0.15) is 24.7 Å². The first-order chi connectivity index (χ1) is 25.5. The van der Waals surface area contributed by atoms with Crippen LogP contribution in [0.5, 0.6) is 11.5 Å². The van der Waals surface area contributed by atoms with Crippen molar-refractivity contribution in [3.05, 3.63) is 145 Å². The lowest BCUT2D eigenvalue weighted by Gasteiger charge is -2.29. The predicted octanol–water partition coefficient (Wildman–Crippen LogP) is 10.5. The molecule has 2 aliphatic rings. The van der Waals surface area contributed by atoms with Crippen LogP contribution >= 0.6 is 31.7 Å². The third-order valence-corrected chi connectivity index (χ3v) is 22.0. The molecule has 2 heterocycles. The highest BCUT2D eigenvalue weighted by atomic mass is 31.1. The van der Waals surface area contributed by atoms with E-state index < -0.39 is 15.8 Å². The van der Waals surface area contributed by atoms with E-state index in [1.54, 1.807) is 5.30 Å². The van der Waals surface area contributed by atoms with Crippen molar-refractivity contribution >= 4 is 63.5 Å². The molecular weight excluding hydrogens is 708 g/mol. The molecule has 2 fully saturated rings. The summed E-state index contributed by atoms with van der Waals surface area (Å²) >= 11 is 0. The summed E-state index contributed by atoms with van der Waals surface area (Å²) in [4.78, 5) is 0. The third-order valence-electron chi connectivity index (χ3n) is 10.6. The van der Waals surface area contributed by atoms with Crippen molar-refractivity contribution in [3.8, 4) is 11.5 Å². The van der Waals surface area contributed by atoms with Crippen LogP contribution in [0.2, 0.25) is 0 Å². The number of rotatable bonds is 13. The lowest BCUT2D eigenvalue weighted by Crippen LogP contribution is -2.32. The molecule has 7 rings (SSSR count). The summed E-state index contributed by atoms with van der Waals surface area (Å²) in [5.74, 6) is 6.92. The SMILES string of the molecule is C[C@@H]1CC[C@@H](C)P1c1ccccc1P(c1ccccc1)c1cccc(OCCOc2cccc(P(/C=C\P3[C@@H](C)CC[C@@H]3C)c3ccccc3)c2)c1. The van der Waals surface area contributed by atoms with Crippen molar-refractivity contribution in [1.82, 2.24) is 0 Å². The molecule has 0 N–H and O–H groups in total. The van der Waals surface area contributed by atoms with Crippen LogP contribution in [0.1, 0.15) is 53.4 Å². The Bertz CT molecular complexity index is 1890. The highest BCUT2D eigenvalue weighted by molar-refractivity contribution is 7.82. The maximum absolute atomic E-state index is 6.40. The normalized spacial score (nSPS) is 22.1. The van der Waals surface area contributed by atoms with Crippen molar-refractivity contribution in [3.63, 3.8) is 0 Å². The molecule has 5 aromatic rings. The molecule has 2 unspecified atom stereocenters. The molecular formula is C46H52O2P4. The summed E-state index contributed by atoms with van der Waals surface area (Å²) in [5.41, 5.74) is 3.16. The lowest BCUT2D eigenvalue weighted by molar-refractivity contribution is 0.217. The van der Waals surface area contributed by atoms with Crippen molar-refractivity contribution < 1.29 is 9.47 Å². The molecule has 0 amide bonds. The third kappa shape index (κ3) is 8.92. The van der Waals surface area contributed by atoms with Gasteiger partial charge in [-0.05, 0) is 120 Å². The highest BCUT2D eigenvalue weighted by Crippen LogP contribution is 2.58. The predicted molar refractivity (Wildman–Crippen MR) is 234 cm³/mol. The second-order valence-corrected chi connectivity index (χ2v) is 24.5. The molecule has 0 bridgehead atoms. The van der Waals surface area contributed by atoms with Crippen LogP contribution in [-0.4, -0.2) is 35.8 Å². The molecule has 2 saturated heterocycles. The van der Waals surface area contributed by atoms with Gasteiger partial charge in [0.15, 0.2) is 0 Å². The zero-order chi connectivity index (χ0) is 35.9. The molecule has 6 heteroatoms. The zero-order valence-electron chi connectivity index (χ0n) is 31.0. The van der Waals surface area contributed by atoms with Gasteiger partial charge in [0, 0.05) is 0 Å². The second-order valence-electron chi connectivity index (χ2n) is 14.3. The first-order valence-electron chi connectivity index (χ1n) is 18.9. The van der Waals surface area contributed by atoms with Crippen LogP contribution in [0, 0.1) is 0 Å². The minimum absolute atomic E-state index is 0.0738. The fourth-order valence-electron chi connectivity index (χ4n) is 7.86. The molecule has 52 heavy (non-hydrogen) atoms. The molecule has 268 valence electrons. The summed E-state index contributed by atoms with van der Waals surface area (Å²) in [6, 6.07) is 49.0. The largest absolute Gasteiger partial charge is 0.490 e. The van der Waals surface area contributed by atoms with Crippen LogP contribution in [-0.2, 0) is 0 Å². The fourth-order valence-corrected chi connectivity index (χ4v) is 19.3. The average Bonchev–Trinajstić information content (AvgIpc) is 3.69. The molecule has 0 saturated carbocycles. The van der Waals surface area contributed by atoms with E-state index in [0.29, 0.717) is 13.2 Å². The van der Waals surface area contributed by atoms with Crippen LogP contribution in [0.15, 0.2) is 145 Å². The number of benzene rings is 5. The van der Waals surface area contributed by atoms with E-state index in [0.717, 1.165) is 34.1 Å². The molecule has 0 spiro atoms. The summed E-state index contributed by atoms with van der Waals surface area (Å²) < 4.78 is 12.7. The Labute approximate surface area is 317 Å². The standard InChI is InChI=1S/C46H52O2P4/c1-35-25-26-36(2)49(35)31-32-50(41-17-7-5-8-18-41)43-21-13-15-39(33-43)47-29-30-48-40-16-14-22-44(34-40)52(42-19-9-6-10-20-42)46-24-12-11-23-45(46)51-37(3)27-28-38(51)4/h5-24,31-38H,25-30H2,1-4H3/b32-31-/t35-,36-,37+,38+,50?,52?/m0/s1. The monoisotopic (exact) mass is 760 g/mol. The molecule has 2 aliphatic heterocycles. The Kier molecular flexibility index (Phi) is 13.0. The van der Waals surface area contributed by atoms with E-state index in [4.69, 9.17) is 9.47 Å². The Morgan fingerprint density at radius 3 is 1.67 bits per heavy atom. The van der Waals surface area contributed by atoms with E-state index >= 15 is 0 Å². The topological polar surface area (TPSA) is 18.5 Å².